The molecule has 13 heteroatoms. The molecule has 2 N–H and O–H groups in total. The molecule has 0 saturated heterocycles. The number of fused-ring (bicyclic) bond motifs is 1. The predicted octanol–water partition coefficient (Wildman–Crippen LogP) is 3.72. The third-order valence-electron chi connectivity index (χ3n) is 5.34. The van der Waals surface area contributed by atoms with E-state index in [0.717, 1.165) is 6.07 Å². The number of rotatable bonds is 6. The largest absolute Gasteiger partial charge is 0.454 e. The van der Waals surface area contributed by atoms with Gasteiger partial charge in [0.25, 0.3) is 11.6 Å². The molecule has 0 radical (unpaired) electrons. The first-order valence-electron chi connectivity index (χ1n) is 10.3. The number of ether oxygens (including phenoxy) is 1. The zero-order valence-corrected chi connectivity index (χ0v) is 18.8. The fourth-order valence-electron chi connectivity index (χ4n) is 3.49. The molecule has 2 aromatic carbocycles. The van der Waals surface area contributed by atoms with Crippen molar-refractivity contribution in [2.24, 2.45) is 0 Å². The molecule has 1 aliphatic heterocycles. The van der Waals surface area contributed by atoms with Gasteiger partial charge in [0.2, 0.25) is 5.91 Å². The van der Waals surface area contributed by atoms with Gasteiger partial charge in [0.1, 0.15) is 17.3 Å². The van der Waals surface area contributed by atoms with Gasteiger partial charge in [-0.25, -0.2) is 4.79 Å². The average Bonchev–Trinajstić information content (AvgIpc) is 2.77. The number of carbonyl (C=O) groups excluding carboxylic acids is 3. The van der Waals surface area contributed by atoms with Crippen molar-refractivity contribution < 1.29 is 37.2 Å². The minimum absolute atomic E-state index is 0.332. The summed E-state index contributed by atoms with van der Waals surface area (Å²) in [6.45, 7) is 3.56. The summed E-state index contributed by atoms with van der Waals surface area (Å²) in [6, 6.07) is 7.14. The summed E-state index contributed by atoms with van der Waals surface area (Å²) >= 11 is 0. The molecule has 35 heavy (non-hydrogen) atoms. The first-order chi connectivity index (χ1) is 16.2. The number of amides is 2. The molecule has 0 unspecified atom stereocenters. The van der Waals surface area contributed by atoms with Crippen LogP contribution in [-0.2, 0) is 25.3 Å². The van der Waals surface area contributed by atoms with Crippen LogP contribution in [0.4, 0.5) is 35.9 Å². The van der Waals surface area contributed by atoms with Gasteiger partial charge in [0.15, 0.2) is 6.61 Å². The lowest BCUT2D eigenvalue weighted by Crippen LogP contribution is -2.59. The Balaban J connectivity index is 1.72. The van der Waals surface area contributed by atoms with Crippen molar-refractivity contribution >= 4 is 40.5 Å². The molecule has 0 saturated carbocycles. The van der Waals surface area contributed by atoms with E-state index in [9.17, 15) is 37.7 Å². The first kappa shape index (κ1) is 25.5. The third kappa shape index (κ3) is 5.18. The second-order valence-electron chi connectivity index (χ2n) is 8.22. The highest BCUT2D eigenvalue weighted by molar-refractivity contribution is 6.14. The number of carbonyl (C=O) groups is 3. The van der Waals surface area contributed by atoms with Crippen LogP contribution in [0.1, 0.15) is 26.3 Å². The summed E-state index contributed by atoms with van der Waals surface area (Å²) in [5, 5.41) is 16.4. The van der Waals surface area contributed by atoms with Crippen LogP contribution >= 0.6 is 0 Å². The van der Waals surface area contributed by atoms with Crippen LogP contribution in [0.3, 0.4) is 0 Å². The van der Waals surface area contributed by atoms with Crippen LogP contribution in [0.15, 0.2) is 42.5 Å². The normalized spacial score (nSPS) is 15.5. The maximum Gasteiger partial charge on any atom is 0.416 e. The predicted molar refractivity (Wildman–Crippen MR) is 119 cm³/mol. The molecule has 0 fully saturated rings. The van der Waals surface area contributed by atoms with Crippen LogP contribution in [0, 0.1) is 10.1 Å². The summed E-state index contributed by atoms with van der Waals surface area (Å²) in [6.07, 6.45) is -4.79. The minimum Gasteiger partial charge on any atom is -0.454 e. The van der Waals surface area contributed by atoms with E-state index in [1.165, 1.54) is 25.7 Å². The van der Waals surface area contributed by atoms with Crippen LogP contribution < -0.4 is 15.5 Å². The molecule has 0 spiro atoms. The molecule has 0 aromatic heterocycles. The molecule has 3 rings (SSSR count). The number of nitrogens with zero attached hydrogens (tertiary/aromatic N) is 2. The molecule has 10 nitrogen and oxygen atoms in total. The highest BCUT2D eigenvalue weighted by Crippen LogP contribution is 2.37. The van der Waals surface area contributed by atoms with Crippen molar-refractivity contribution in [2.45, 2.75) is 38.5 Å². The summed E-state index contributed by atoms with van der Waals surface area (Å²) < 4.78 is 43.7. The Labute approximate surface area is 197 Å². The van der Waals surface area contributed by atoms with E-state index in [-0.39, 0.29) is 5.69 Å². The Hall–Kier alpha value is -4.16. The lowest BCUT2D eigenvalue weighted by molar-refractivity contribution is -0.384. The van der Waals surface area contributed by atoms with Crippen LogP contribution in [0.5, 0.6) is 0 Å². The zero-order valence-electron chi connectivity index (χ0n) is 18.8. The Kier molecular flexibility index (Phi) is 6.72. The Bertz CT molecular complexity index is 1200. The Morgan fingerprint density at radius 1 is 1.23 bits per heavy atom. The van der Waals surface area contributed by atoms with E-state index in [4.69, 9.17) is 4.74 Å². The van der Waals surface area contributed by atoms with Gasteiger partial charge >= 0.3 is 12.1 Å². The molecule has 2 aromatic rings. The quantitative estimate of drug-likeness (QED) is 0.356. The lowest BCUT2D eigenvalue weighted by atomic mass is 9.96. The second-order valence-corrected chi connectivity index (χ2v) is 8.22. The lowest BCUT2D eigenvalue weighted by Gasteiger charge is -2.41. The molecular formula is C22H21F3N4O6. The van der Waals surface area contributed by atoms with Crippen molar-refractivity contribution in [1.82, 2.24) is 0 Å². The monoisotopic (exact) mass is 494 g/mol. The van der Waals surface area contributed by atoms with Gasteiger partial charge in [-0.15, -0.1) is 0 Å². The number of nitro groups is 1. The number of alkyl halides is 3. The van der Waals surface area contributed by atoms with Crippen molar-refractivity contribution in [1.29, 1.82) is 0 Å². The molecular weight excluding hydrogens is 473 g/mol. The standard InChI is InChI=1S/C22H21F3N4O6/c1-12(26-15-9-8-13(22(23,24)25)10-17(15)29(33)34)19(31)35-11-18(30)28-16-7-5-4-6-14(16)27-20(32)21(28,2)3/h4-10,12,26H,11H2,1-3H3,(H,27,32)/t12-/m0/s1. The maximum atomic E-state index is 12.9. The number of esters is 1. The summed E-state index contributed by atoms with van der Waals surface area (Å²) in [5.41, 5.74) is -2.91. The van der Waals surface area contributed by atoms with Crippen LogP contribution in [0.25, 0.3) is 0 Å². The first-order valence-corrected chi connectivity index (χ1v) is 10.3. The van der Waals surface area contributed by atoms with Crippen molar-refractivity contribution in [3.63, 3.8) is 0 Å². The number of para-hydroxylation sites is 2. The van der Waals surface area contributed by atoms with E-state index in [1.807, 2.05) is 0 Å². The van der Waals surface area contributed by atoms with Gasteiger partial charge in [-0.2, -0.15) is 13.2 Å². The fraction of sp³-hybridized carbons (Fsp3) is 0.318. The number of hydrogen-bond acceptors (Lipinski definition) is 7. The van der Waals surface area contributed by atoms with Crippen LogP contribution in [-0.4, -0.2) is 40.9 Å². The van der Waals surface area contributed by atoms with E-state index >= 15 is 0 Å². The average molecular weight is 494 g/mol. The highest BCUT2D eigenvalue weighted by atomic mass is 19.4. The Morgan fingerprint density at radius 3 is 2.51 bits per heavy atom. The van der Waals surface area contributed by atoms with Crippen molar-refractivity contribution in [3.8, 4) is 0 Å². The number of nitrogens with one attached hydrogen (secondary N) is 2. The van der Waals surface area contributed by atoms with E-state index in [1.54, 1.807) is 24.3 Å². The molecule has 1 aliphatic rings. The third-order valence-corrected chi connectivity index (χ3v) is 5.34. The van der Waals surface area contributed by atoms with Crippen molar-refractivity contribution in [2.75, 3.05) is 22.1 Å². The van der Waals surface area contributed by atoms with Gasteiger partial charge in [0, 0.05) is 6.07 Å². The molecule has 186 valence electrons. The van der Waals surface area contributed by atoms with Gasteiger partial charge in [-0.1, -0.05) is 12.1 Å². The number of hydrogen-bond donors (Lipinski definition) is 2. The summed E-state index contributed by atoms with van der Waals surface area (Å²) in [5.74, 6) is -2.13. The maximum absolute atomic E-state index is 12.9. The number of anilines is 3. The van der Waals surface area contributed by atoms with Gasteiger partial charge in [-0.05, 0) is 45.0 Å². The smallest absolute Gasteiger partial charge is 0.416 e. The van der Waals surface area contributed by atoms with Gasteiger partial charge in [-0.3, -0.25) is 24.6 Å². The molecule has 2 amide bonds. The number of halogens is 3. The van der Waals surface area contributed by atoms with E-state index in [0.29, 0.717) is 23.5 Å². The molecule has 0 aliphatic carbocycles. The zero-order chi connectivity index (χ0) is 26.1. The molecule has 1 atom stereocenters. The van der Waals surface area contributed by atoms with Gasteiger partial charge < -0.3 is 15.4 Å². The molecule has 0 bridgehead atoms. The Morgan fingerprint density at radius 2 is 1.89 bits per heavy atom. The topological polar surface area (TPSA) is 131 Å². The highest BCUT2D eigenvalue weighted by Gasteiger charge is 2.43. The van der Waals surface area contributed by atoms with Crippen molar-refractivity contribution in [3.05, 3.63) is 58.1 Å². The van der Waals surface area contributed by atoms with E-state index in [2.05, 4.69) is 10.6 Å². The summed E-state index contributed by atoms with van der Waals surface area (Å²) in [4.78, 5) is 49.2. The van der Waals surface area contributed by atoms with Gasteiger partial charge in [0.05, 0.1) is 21.9 Å². The number of benzene rings is 2. The minimum atomic E-state index is -4.79. The molecule has 1 heterocycles. The summed E-state index contributed by atoms with van der Waals surface area (Å²) in [7, 11) is 0. The van der Waals surface area contributed by atoms with Crippen LogP contribution in [0.2, 0.25) is 0 Å². The number of nitro benzene ring substituents is 1. The second kappa shape index (κ2) is 9.24. The van der Waals surface area contributed by atoms with E-state index < -0.39 is 58.3 Å². The fourth-order valence-corrected chi connectivity index (χ4v) is 3.49. The SMILES string of the molecule is C[C@H](Nc1ccc(C(F)(F)F)cc1[N+](=O)[O-])C(=O)OCC(=O)N1c2ccccc2NC(=O)C1(C)C.